The van der Waals surface area contributed by atoms with E-state index in [0.717, 1.165) is 11.8 Å². The number of nitro benzene ring substituents is 1. The van der Waals surface area contributed by atoms with E-state index in [-0.39, 0.29) is 27.6 Å². The van der Waals surface area contributed by atoms with Crippen molar-refractivity contribution in [1.82, 2.24) is 15.0 Å². The van der Waals surface area contributed by atoms with Gasteiger partial charge in [0.25, 0.3) is 17.2 Å². The summed E-state index contributed by atoms with van der Waals surface area (Å²) in [5.41, 5.74) is 3.25. The van der Waals surface area contributed by atoms with Crippen LogP contribution >= 0.6 is 35.0 Å². The number of benzene rings is 3. The summed E-state index contributed by atoms with van der Waals surface area (Å²) in [5, 5.41) is 16.3. The van der Waals surface area contributed by atoms with Gasteiger partial charge >= 0.3 is 0 Å². The van der Waals surface area contributed by atoms with Crippen molar-refractivity contribution >= 4 is 63.7 Å². The van der Waals surface area contributed by atoms with Crippen LogP contribution in [0.4, 0.5) is 5.69 Å². The highest BCUT2D eigenvalue weighted by Gasteiger charge is 2.15. The molecule has 0 fully saturated rings. The molecule has 0 bridgehead atoms. The molecule has 0 saturated heterocycles. The van der Waals surface area contributed by atoms with Crippen LogP contribution in [0.3, 0.4) is 0 Å². The van der Waals surface area contributed by atoms with Crippen molar-refractivity contribution in [3.63, 3.8) is 0 Å². The van der Waals surface area contributed by atoms with Crippen LogP contribution in [0.25, 0.3) is 16.6 Å². The highest BCUT2D eigenvalue weighted by atomic mass is 35.5. The van der Waals surface area contributed by atoms with Gasteiger partial charge < -0.3 is 0 Å². The molecular weight excluding hydrogens is 513 g/mol. The van der Waals surface area contributed by atoms with Gasteiger partial charge in [-0.05, 0) is 42.5 Å². The van der Waals surface area contributed by atoms with Crippen LogP contribution in [0, 0.1) is 10.1 Å². The van der Waals surface area contributed by atoms with Crippen LogP contribution in [0.1, 0.15) is 5.56 Å². The number of hydrazone groups is 1. The molecule has 1 N–H and O–H groups in total. The zero-order chi connectivity index (χ0) is 24.9. The second-order valence-corrected chi connectivity index (χ2v) is 8.86. The number of non-ortho nitro benzene ring substituents is 1. The Morgan fingerprint density at radius 3 is 2.63 bits per heavy atom. The van der Waals surface area contributed by atoms with Gasteiger partial charge in [0.05, 0.1) is 33.5 Å². The molecule has 0 radical (unpaired) electrons. The Labute approximate surface area is 212 Å². The number of thioether (sulfide) groups is 1. The minimum absolute atomic E-state index is 0.0988. The maximum absolute atomic E-state index is 13.2. The summed E-state index contributed by atoms with van der Waals surface area (Å²) in [5.74, 6) is -0.573. The van der Waals surface area contributed by atoms with Gasteiger partial charge in [0, 0.05) is 27.7 Å². The molecule has 4 aromatic rings. The summed E-state index contributed by atoms with van der Waals surface area (Å²) in [6.45, 7) is 0. The molecule has 3 aromatic carbocycles. The third-order valence-electron chi connectivity index (χ3n) is 4.75. The average Bonchev–Trinajstić information content (AvgIpc) is 2.84. The number of carbonyl (C=O) groups is 1. The fourth-order valence-corrected chi connectivity index (χ4v) is 4.20. The standard InChI is InChI=1S/C23H15Cl2N5O4S/c24-15-5-7-16(8-6-15)29-22(32)18-3-1-2-4-20(18)27-23(29)35-13-21(31)28-26-12-14-11-17(30(33)34)9-10-19(14)25/h1-12H,13H2,(H,28,31)/b26-12-. The zero-order valence-corrected chi connectivity index (χ0v) is 20.0. The van der Waals surface area contributed by atoms with E-state index < -0.39 is 10.8 Å². The average molecular weight is 528 g/mol. The maximum atomic E-state index is 13.2. The van der Waals surface area contributed by atoms with Gasteiger partial charge in [-0.25, -0.2) is 10.4 Å². The first-order valence-electron chi connectivity index (χ1n) is 10.00. The summed E-state index contributed by atoms with van der Waals surface area (Å²) in [6, 6.07) is 17.5. The van der Waals surface area contributed by atoms with E-state index in [2.05, 4.69) is 15.5 Å². The lowest BCUT2D eigenvalue weighted by atomic mass is 10.2. The molecular formula is C23H15Cl2N5O4S. The SMILES string of the molecule is O=C(CSc1nc2ccccc2c(=O)n1-c1ccc(Cl)cc1)N/N=C\c1cc([N+](=O)[O-])ccc1Cl. The number of nitro groups is 1. The first-order chi connectivity index (χ1) is 16.8. The van der Waals surface area contributed by atoms with Gasteiger partial charge in [0.2, 0.25) is 0 Å². The number of nitrogens with one attached hydrogen (secondary N) is 1. The Bertz CT molecular complexity index is 1520. The second kappa shape index (κ2) is 10.7. The normalized spacial score (nSPS) is 11.1. The fourth-order valence-electron chi connectivity index (χ4n) is 3.11. The van der Waals surface area contributed by atoms with Crippen LogP contribution in [0.15, 0.2) is 81.8 Å². The molecule has 0 saturated carbocycles. The van der Waals surface area contributed by atoms with E-state index in [0.29, 0.717) is 26.8 Å². The number of aromatic nitrogens is 2. The van der Waals surface area contributed by atoms with Gasteiger partial charge in [-0.15, -0.1) is 0 Å². The van der Waals surface area contributed by atoms with Gasteiger partial charge in [-0.1, -0.05) is 47.1 Å². The van der Waals surface area contributed by atoms with Crippen LogP contribution in [-0.2, 0) is 4.79 Å². The van der Waals surface area contributed by atoms with Gasteiger partial charge in [-0.2, -0.15) is 5.10 Å². The Morgan fingerprint density at radius 1 is 1.14 bits per heavy atom. The monoisotopic (exact) mass is 527 g/mol. The highest BCUT2D eigenvalue weighted by molar-refractivity contribution is 7.99. The molecule has 176 valence electrons. The van der Waals surface area contributed by atoms with E-state index >= 15 is 0 Å². The van der Waals surface area contributed by atoms with Gasteiger partial charge in [0.15, 0.2) is 5.16 Å². The fraction of sp³-hybridized carbons (Fsp3) is 0.0435. The summed E-state index contributed by atoms with van der Waals surface area (Å²) >= 11 is 13.1. The molecule has 4 rings (SSSR count). The Hall–Kier alpha value is -3.73. The Kier molecular flexibility index (Phi) is 7.45. The van der Waals surface area contributed by atoms with Crippen molar-refractivity contribution in [2.75, 3.05) is 5.75 Å². The lowest BCUT2D eigenvalue weighted by Crippen LogP contribution is -2.24. The van der Waals surface area contributed by atoms with Crippen molar-refractivity contribution in [2.24, 2.45) is 5.10 Å². The van der Waals surface area contributed by atoms with Crippen molar-refractivity contribution in [2.45, 2.75) is 5.16 Å². The number of para-hydroxylation sites is 1. The van der Waals surface area contributed by atoms with Crippen molar-refractivity contribution in [1.29, 1.82) is 0 Å². The highest BCUT2D eigenvalue weighted by Crippen LogP contribution is 2.23. The molecule has 0 aliphatic heterocycles. The number of rotatable bonds is 7. The second-order valence-electron chi connectivity index (χ2n) is 7.07. The zero-order valence-electron chi connectivity index (χ0n) is 17.7. The smallest absolute Gasteiger partial charge is 0.270 e. The molecule has 0 unspecified atom stereocenters. The third-order valence-corrected chi connectivity index (χ3v) is 6.28. The summed E-state index contributed by atoms with van der Waals surface area (Å²) < 4.78 is 1.42. The molecule has 0 spiro atoms. The van der Waals surface area contributed by atoms with E-state index in [1.165, 1.54) is 29.0 Å². The van der Waals surface area contributed by atoms with Crippen LogP contribution < -0.4 is 11.0 Å². The molecule has 1 heterocycles. The predicted octanol–water partition coefficient (Wildman–Crippen LogP) is 4.84. The number of amides is 1. The number of hydrogen-bond acceptors (Lipinski definition) is 7. The van der Waals surface area contributed by atoms with Gasteiger partial charge in [-0.3, -0.25) is 24.3 Å². The summed E-state index contributed by atoms with van der Waals surface area (Å²) in [4.78, 5) is 40.5. The minimum Gasteiger partial charge on any atom is -0.272 e. The predicted molar refractivity (Wildman–Crippen MR) is 137 cm³/mol. The maximum Gasteiger partial charge on any atom is 0.270 e. The first-order valence-corrected chi connectivity index (χ1v) is 11.7. The quantitative estimate of drug-likeness (QED) is 0.121. The number of nitrogens with zero attached hydrogens (tertiary/aromatic N) is 4. The van der Waals surface area contributed by atoms with Crippen molar-refractivity contribution in [3.05, 3.63) is 103 Å². The molecule has 0 atom stereocenters. The van der Waals surface area contributed by atoms with E-state index in [9.17, 15) is 19.7 Å². The van der Waals surface area contributed by atoms with Crippen LogP contribution in [-0.4, -0.2) is 32.3 Å². The van der Waals surface area contributed by atoms with E-state index in [1.807, 2.05) is 0 Å². The lowest BCUT2D eigenvalue weighted by molar-refractivity contribution is -0.384. The molecule has 1 amide bonds. The summed E-state index contributed by atoms with van der Waals surface area (Å²) in [6.07, 6.45) is 1.22. The molecule has 35 heavy (non-hydrogen) atoms. The van der Waals surface area contributed by atoms with Crippen LogP contribution in [0.2, 0.25) is 10.0 Å². The van der Waals surface area contributed by atoms with E-state index in [1.54, 1.807) is 48.5 Å². The molecule has 9 nitrogen and oxygen atoms in total. The molecule has 1 aromatic heterocycles. The topological polar surface area (TPSA) is 119 Å². The van der Waals surface area contributed by atoms with Crippen LogP contribution in [0.5, 0.6) is 0 Å². The number of fused-ring (bicyclic) bond motifs is 1. The first kappa shape index (κ1) is 24.4. The largest absolute Gasteiger partial charge is 0.272 e. The molecule has 0 aliphatic rings. The molecule has 12 heteroatoms. The number of carbonyl (C=O) groups excluding carboxylic acids is 1. The lowest BCUT2D eigenvalue weighted by Gasteiger charge is -2.13. The van der Waals surface area contributed by atoms with Crippen molar-refractivity contribution in [3.8, 4) is 5.69 Å². The third kappa shape index (κ3) is 5.68. The van der Waals surface area contributed by atoms with E-state index in [4.69, 9.17) is 23.2 Å². The summed E-state index contributed by atoms with van der Waals surface area (Å²) in [7, 11) is 0. The molecule has 0 aliphatic carbocycles. The number of halogens is 2. The Morgan fingerprint density at radius 2 is 1.89 bits per heavy atom. The number of hydrogen-bond donors (Lipinski definition) is 1. The Balaban J connectivity index is 1.54. The van der Waals surface area contributed by atoms with Crippen molar-refractivity contribution < 1.29 is 9.72 Å². The van der Waals surface area contributed by atoms with Gasteiger partial charge in [0.1, 0.15) is 0 Å². The minimum atomic E-state index is -0.556.